The number of rotatable bonds is 6. The van der Waals surface area contributed by atoms with E-state index in [4.69, 9.17) is 9.72 Å². The van der Waals surface area contributed by atoms with Crippen molar-refractivity contribution in [2.75, 3.05) is 24.7 Å². The summed E-state index contributed by atoms with van der Waals surface area (Å²) in [5.74, 6) is -0.892. The van der Waals surface area contributed by atoms with Crippen molar-refractivity contribution in [3.8, 4) is 11.3 Å². The number of esters is 1. The van der Waals surface area contributed by atoms with Gasteiger partial charge in [-0.25, -0.2) is 18.1 Å². The summed E-state index contributed by atoms with van der Waals surface area (Å²) in [6.07, 6.45) is 0.444. The number of ether oxygens (including phenoxy) is 1. The van der Waals surface area contributed by atoms with Crippen molar-refractivity contribution >= 4 is 32.7 Å². The third kappa shape index (κ3) is 4.75. The molecule has 1 fully saturated rings. The van der Waals surface area contributed by atoms with Gasteiger partial charge in [0, 0.05) is 5.56 Å². The Hall–Kier alpha value is -3.27. The van der Waals surface area contributed by atoms with Crippen LogP contribution in [0.25, 0.3) is 22.3 Å². The number of aromatic nitrogens is 3. The van der Waals surface area contributed by atoms with Gasteiger partial charge in [-0.2, -0.15) is 5.10 Å². The highest BCUT2D eigenvalue weighted by Gasteiger charge is 2.32. The second-order valence-electron chi connectivity index (χ2n) is 8.19. The molecule has 1 unspecified atom stereocenters. The predicted molar refractivity (Wildman–Crippen MR) is 124 cm³/mol. The number of fused-ring (bicyclic) bond motifs is 1. The molecule has 1 aliphatic rings. The largest absolute Gasteiger partial charge is 0.465 e. The van der Waals surface area contributed by atoms with Crippen LogP contribution in [-0.4, -0.2) is 59.7 Å². The van der Waals surface area contributed by atoms with Crippen LogP contribution in [0.2, 0.25) is 0 Å². The second-order valence-corrected chi connectivity index (χ2v) is 10.4. The molecular weight excluding hydrogens is 444 g/mol. The molecule has 1 atom stereocenters. The van der Waals surface area contributed by atoms with Crippen molar-refractivity contribution in [1.29, 1.82) is 0 Å². The van der Waals surface area contributed by atoms with Gasteiger partial charge in [0.05, 0.1) is 46.5 Å². The lowest BCUT2D eigenvalue weighted by molar-refractivity contribution is -0.141. The molecule has 174 valence electrons. The number of benzene rings is 1. The van der Waals surface area contributed by atoms with Gasteiger partial charge >= 0.3 is 5.97 Å². The van der Waals surface area contributed by atoms with E-state index in [2.05, 4.69) is 10.4 Å². The summed E-state index contributed by atoms with van der Waals surface area (Å²) in [7, 11) is -3.14. The molecule has 1 amide bonds. The Bertz CT molecular complexity index is 1330. The average molecular weight is 471 g/mol. The van der Waals surface area contributed by atoms with Crippen LogP contribution in [0.1, 0.15) is 41.0 Å². The fraction of sp³-hybridized carbons (Fsp3) is 0.391. The molecule has 4 rings (SSSR count). The molecule has 2 aromatic heterocycles. The Labute approximate surface area is 192 Å². The fourth-order valence-electron chi connectivity index (χ4n) is 4.05. The molecule has 0 bridgehead atoms. The number of sulfone groups is 1. The number of nitrogens with zero attached hydrogens (tertiary/aromatic N) is 3. The zero-order chi connectivity index (χ0) is 23.8. The molecule has 3 aromatic rings. The predicted octanol–water partition coefficient (Wildman–Crippen LogP) is 2.37. The fourth-order valence-corrected chi connectivity index (χ4v) is 5.74. The van der Waals surface area contributed by atoms with Crippen molar-refractivity contribution in [2.45, 2.75) is 33.2 Å². The van der Waals surface area contributed by atoms with E-state index < -0.39 is 21.7 Å². The topological polar surface area (TPSA) is 120 Å². The van der Waals surface area contributed by atoms with Crippen LogP contribution in [0.15, 0.2) is 30.3 Å². The van der Waals surface area contributed by atoms with Gasteiger partial charge in [0.2, 0.25) is 0 Å². The monoisotopic (exact) mass is 470 g/mol. The molecule has 1 aliphatic heterocycles. The molecular formula is C23H26N4O5S. The lowest BCUT2D eigenvalue weighted by Crippen LogP contribution is -2.30. The van der Waals surface area contributed by atoms with Crippen LogP contribution < -0.4 is 5.32 Å². The Morgan fingerprint density at radius 2 is 1.94 bits per heavy atom. The van der Waals surface area contributed by atoms with Gasteiger partial charge in [-0.1, -0.05) is 29.8 Å². The molecule has 1 aromatic carbocycles. The zero-order valence-corrected chi connectivity index (χ0v) is 19.6. The average Bonchev–Trinajstić information content (AvgIpc) is 3.31. The molecule has 10 heteroatoms. The zero-order valence-electron chi connectivity index (χ0n) is 18.8. The standard InChI is InChI=1S/C23H26N4O5S/c1-4-32-20(28)12-24-23(29)18-11-19(16-7-5-14(2)6-8-16)25-22-21(18)15(3)26-27(22)17-9-10-33(30,31)13-17/h5-8,11,17H,4,9-10,12-13H2,1-3H3,(H,24,29). The van der Waals surface area contributed by atoms with Gasteiger partial charge < -0.3 is 10.1 Å². The first-order chi connectivity index (χ1) is 15.7. The second kappa shape index (κ2) is 8.93. The third-order valence-electron chi connectivity index (χ3n) is 5.68. The van der Waals surface area contributed by atoms with Crippen LogP contribution in [0.3, 0.4) is 0 Å². The molecule has 33 heavy (non-hydrogen) atoms. The SMILES string of the molecule is CCOC(=O)CNC(=O)c1cc(-c2ccc(C)cc2)nc2c1c(C)nn2C1CCS(=O)(=O)C1. The molecule has 0 radical (unpaired) electrons. The van der Waals surface area contributed by atoms with Crippen molar-refractivity contribution in [2.24, 2.45) is 0 Å². The van der Waals surface area contributed by atoms with Crippen LogP contribution >= 0.6 is 0 Å². The highest BCUT2D eigenvalue weighted by atomic mass is 32.2. The minimum atomic E-state index is -3.14. The van der Waals surface area contributed by atoms with Crippen molar-refractivity contribution in [1.82, 2.24) is 20.1 Å². The number of hydrogen-bond donors (Lipinski definition) is 1. The normalized spacial score (nSPS) is 17.2. The quantitative estimate of drug-likeness (QED) is 0.549. The number of carbonyl (C=O) groups excluding carboxylic acids is 2. The number of pyridine rings is 1. The van der Waals surface area contributed by atoms with Crippen LogP contribution in [0.5, 0.6) is 0 Å². The Morgan fingerprint density at radius 1 is 1.21 bits per heavy atom. The summed E-state index contributed by atoms with van der Waals surface area (Å²) in [5, 5.41) is 7.72. The van der Waals surface area contributed by atoms with Crippen molar-refractivity contribution in [3.63, 3.8) is 0 Å². The maximum absolute atomic E-state index is 13.1. The smallest absolute Gasteiger partial charge is 0.325 e. The molecule has 9 nitrogen and oxygen atoms in total. The number of aryl methyl sites for hydroxylation is 2. The number of carbonyl (C=O) groups is 2. The maximum atomic E-state index is 13.1. The Kier molecular flexibility index (Phi) is 6.20. The highest BCUT2D eigenvalue weighted by molar-refractivity contribution is 7.91. The van der Waals surface area contributed by atoms with Crippen LogP contribution in [-0.2, 0) is 19.4 Å². The summed E-state index contributed by atoms with van der Waals surface area (Å²) in [4.78, 5) is 29.6. The van der Waals surface area contributed by atoms with E-state index in [0.717, 1.165) is 11.1 Å². The summed E-state index contributed by atoms with van der Waals surface area (Å²) >= 11 is 0. The van der Waals surface area contributed by atoms with Gasteiger partial charge in [0.1, 0.15) is 6.54 Å². The van der Waals surface area contributed by atoms with E-state index in [1.54, 1.807) is 24.6 Å². The van der Waals surface area contributed by atoms with Crippen LogP contribution in [0, 0.1) is 13.8 Å². The third-order valence-corrected chi connectivity index (χ3v) is 7.43. The lowest BCUT2D eigenvalue weighted by atomic mass is 10.0. The van der Waals surface area contributed by atoms with Gasteiger partial charge in [-0.15, -0.1) is 0 Å². The van der Waals surface area contributed by atoms with Gasteiger partial charge in [0.15, 0.2) is 15.5 Å². The van der Waals surface area contributed by atoms with Crippen molar-refractivity contribution in [3.05, 3.63) is 47.2 Å². The minimum Gasteiger partial charge on any atom is -0.465 e. The highest BCUT2D eigenvalue weighted by Crippen LogP contribution is 2.32. The van der Waals surface area contributed by atoms with Gasteiger partial charge in [-0.05, 0) is 33.3 Å². The molecule has 1 N–H and O–H groups in total. The van der Waals surface area contributed by atoms with E-state index in [0.29, 0.717) is 34.4 Å². The Morgan fingerprint density at radius 3 is 2.58 bits per heavy atom. The molecule has 0 saturated carbocycles. The van der Waals surface area contributed by atoms with E-state index in [-0.39, 0.29) is 30.7 Å². The van der Waals surface area contributed by atoms with Crippen LogP contribution in [0.4, 0.5) is 0 Å². The Balaban J connectivity index is 1.83. The number of amides is 1. The molecule has 1 saturated heterocycles. The van der Waals surface area contributed by atoms with Crippen molar-refractivity contribution < 1.29 is 22.7 Å². The first kappa shape index (κ1) is 22.9. The lowest BCUT2D eigenvalue weighted by Gasteiger charge is -2.12. The maximum Gasteiger partial charge on any atom is 0.325 e. The summed E-state index contributed by atoms with van der Waals surface area (Å²) in [6, 6.07) is 9.07. The van der Waals surface area contributed by atoms with E-state index in [1.165, 1.54) is 0 Å². The first-order valence-electron chi connectivity index (χ1n) is 10.8. The minimum absolute atomic E-state index is 0.00987. The summed E-state index contributed by atoms with van der Waals surface area (Å²) in [5.41, 5.74) is 3.80. The number of hydrogen-bond acceptors (Lipinski definition) is 7. The van der Waals surface area contributed by atoms with Gasteiger partial charge in [0.25, 0.3) is 5.91 Å². The molecule has 0 spiro atoms. The first-order valence-corrected chi connectivity index (χ1v) is 12.6. The summed E-state index contributed by atoms with van der Waals surface area (Å²) in [6.45, 7) is 5.40. The van der Waals surface area contributed by atoms with E-state index >= 15 is 0 Å². The summed E-state index contributed by atoms with van der Waals surface area (Å²) < 4.78 is 30.7. The van der Waals surface area contributed by atoms with Gasteiger partial charge in [-0.3, -0.25) is 9.59 Å². The van der Waals surface area contributed by atoms with E-state index in [1.807, 2.05) is 31.2 Å². The molecule has 3 heterocycles. The molecule has 0 aliphatic carbocycles. The number of nitrogens with one attached hydrogen (secondary N) is 1. The van der Waals surface area contributed by atoms with E-state index in [9.17, 15) is 18.0 Å².